The number of nitrogens with zero attached hydrogens (tertiary/aromatic N) is 1. The third kappa shape index (κ3) is 3.72. The molecule has 1 saturated heterocycles. The van der Waals surface area contributed by atoms with Gasteiger partial charge in [0.1, 0.15) is 10.1 Å². The van der Waals surface area contributed by atoms with Crippen LogP contribution in [0.1, 0.15) is 17.4 Å². The van der Waals surface area contributed by atoms with Crippen LogP contribution in [-0.2, 0) is 9.59 Å². The lowest BCUT2D eigenvalue weighted by atomic mass is 10.1. The fourth-order valence-electron chi connectivity index (χ4n) is 2.37. The molecule has 126 valence electrons. The molecule has 0 spiro atoms. The number of aliphatic carboxylic acids is 1. The van der Waals surface area contributed by atoms with Crippen molar-refractivity contribution in [2.45, 2.75) is 6.04 Å². The van der Waals surface area contributed by atoms with Crippen molar-refractivity contribution in [3.63, 3.8) is 0 Å². The number of allylic oxidation sites excluding steroid dienone is 2. The molecule has 2 heterocycles. The lowest BCUT2D eigenvalue weighted by Crippen LogP contribution is -2.37. The third-order valence-corrected chi connectivity index (χ3v) is 4.83. The molecule has 5 nitrogen and oxygen atoms in total. The van der Waals surface area contributed by atoms with Gasteiger partial charge in [-0.25, -0.2) is 4.79 Å². The molecule has 1 amide bonds. The van der Waals surface area contributed by atoms with Gasteiger partial charge < -0.3 is 9.52 Å². The van der Waals surface area contributed by atoms with Crippen LogP contribution >= 0.6 is 24.0 Å². The van der Waals surface area contributed by atoms with E-state index >= 15 is 0 Å². The highest BCUT2D eigenvalue weighted by molar-refractivity contribution is 8.26. The van der Waals surface area contributed by atoms with E-state index in [0.717, 1.165) is 16.7 Å². The van der Waals surface area contributed by atoms with Crippen LogP contribution in [0.5, 0.6) is 0 Å². The molecule has 0 unspecified atom stereocenters. The van der Waals surface area contributed by atoms with Crippen LogP contribution < -0.4 is 0 Å². The zero-order valence-electron chi connectivity index (χ0n) is 12.9. The molecule has 1 aromatic heterocycles. The number of hydrogen-bond acceptors (Lipinski definition) is 5. The Morgan fingerprint density at radius 2 is 2.00 bits per heavy atom. The number of carbonyl (C=O) groups is 2. The highest BCUT2D eigenvalue weighted by atomic mass is 32.2. The van der Waals surface area contributed by atoms with Gasteiger partial charge in [0.15, 0.2) is 6.04 Å². The van der Waals surface area contributed by atoms with Gasteiger partial charge in [0.05, 0.1) is 11.2 Å². The Morgan fingerprint density at radius 1 is 1.24 bits per heavy atom. The molecule has 1 aliphatic rings. The molecule has 0 radical (unpaired) electrons. The number of carboxylic acids is 1. The molecule has 1 atom stereocenters. The molecule has 7 heteroatoms. The Bertz CT molecular complexity index is 856. The van der Waals surface area contributed by atoms with Crippen LogP contribution in [0, 0.1) is 0 Å². The SMILES string of the molecule is O=C(O)[C@@H](c1ccccc1)N1C(=O)/C(=C/C=C/c2ccco2)SC1=S. The largest absolute Gasteiger partial charge is 0.479 e. The second-order valence-electron chi connectivity index (χ2n) is 5.10. The average Bonchev–Trinajstić information content (AvgIpc) is 3.20. The number of benzene rings is 1. The van der Waals surface area contributed by atoms with Gasteiger partial charge in [-0.3, -0.25) is 9.69 Å². The number of amides is 1. The summed E-state index contributed by atoms with van der Waals surface area (Å²) in [5.74, 6) is -0.898. The standard InChI is InChI=1S/C18H13NO4S2/c20-16-14(10-4-8-13-9-5-11-23-13)25-18(24)19(16)15(17(21)22)12-6-2-1-3-7-12/h1-11,15H,(H,21,22)/b8-4+,14-10-/t15-/m1/s1. The highest BCUT2D eigenvalue weighted by Gasteiger charge is 2.41. The fraction of sp³-hybridized carbons (Fsp3) is 0.0556. The Morgan fingerprint density at radius 3 is 2.64 bits per heavy atom. The Hall–Kier alpha value is -2.64. The minimum Gasteiger partial charge on any atom is -0.479 e. The van der Waals surface area contributed by atoms with E-state index in [4.69, 9.17) is 16.6 Å². The van der Waals surface area contributed by atoms with Crippen molar-refractivity contribution < 1.29 is 19.1 Å². The third-order valence-electron chi connectivity index (χ3n) is 3.48. The zero-order valence-corrected chi connectivity index (χ0v) is 14.5. The Balaban J connectivity index is 1.86. The molecule has 0 saturated carbocycles. The lowest BCUT2D eigenvalue weighted by molar-refractivity contribution is -0.145. The van der Waals surface area contributed by atoms with Gasteiger partial charge in [0.2, 0.25) is 0 Å². The van der Waals surface area contributed by atoms with E-state index in [0.29, 0.717) is 16.2 Å². The first-order chi connectivity index (χ1) is 12.1. The monoisotopic (exact) mass is 371 g/mol. The maximum Gasteiger partial charge on any atom is 0.331 e. The van der Waals surface area contributed by atoms with Crippen LogP contribution in [0.4, 0.5) is 0 Å². The minimum absolute atomic E-state index is 0.221. The van der Waals surface area contributed by atoms with Gasteiger partial charge in [-0.2, -0.15) is 0 Å². The van der Waals surface area contributed by atoms with Crippen molar-refractivity contribution in [2.75, 3.05) is 0 Å². The maximum atomic E-state index is 12.7. The van der Waals surface area contributed by atoms with Gasteiger partial charge in [-0.15, -0.1) is 0 Å². The maximum absolute atomic E-state index is 12.7. The molecule has 0 bridgehead atoms. The summed E-state index contributed by atoms with van der Waals surface area (Å²) in [5.41, 5.74) is 0.499. The number of rotatable bonds is 5. The van der Waals surface area contributed by atoms with Crippen molar-refractivity contribution >= 4 is 46.3 Å². The minimum atomic E-state index is -1.14. The van der Waals surface area contributed by atoms with Crippen molar-refractivity contribution in [1.29, 1.82) is 0 Å². The number of carboxylic acid groups (broad SMARTS) is 1. The number of hydrogen-bond donors (Lipinski definition) is 1. The first-order valence-electron chi connectivity index (χ1n) is 7.33. The average molecular weight is 371 g/mol. The number of thiocarbonyl (C=S) groups is 1. The number of furan rings is 1. The first-order valence-corrected chi connectivity index (χ1v) is 8.55. The van der Waals surface area contributed by atoms with Crippen LogP contribution in [0.15, 0.2) is 70.2 Å². The summed E-state index contributed by atoms with van der Waals surface area (Å²) in [6.45, 7) is 0. The van der Waals surface area contributed by atoms with E-state index in [1.807, 2.05) is 0 Å². The van der Waals surface area contributed by atoms with Gasteiger partial charge >= 0.3 is 5.97 Å². The molecule has 1 fully saturated rings. The normalized spacial score (nSPS) is 17.6. The fourth-order valence-corrected chi connectivity index (χ4v) is 3.64. The van der Waals surface area contributed by atoms with E-state index in [-0.39, 0.29) is 4.32 Å². The molecule has 3 rings (SSSR count). The van der Waals surface area contributed by atoms with Crippen molar-refractivity contribution in [3.8, 4) is 0 Å². The van der Waals surface area contributed by atoms with Crippen LogP contribution in [0.2, 0.25) is 0 Å². The molecule has 1 aliphatic heterocycles. The van der Waals surface area contributed by atoms with Gasteiger partial charge in [-0.1, -0.05) is 60.4 Å². The molecular weight excluding hydrogens is 358 g/mol. The predicted octanol–water partition coefficient (Wildman–Crippen LogP) is 3.86. The van der Waals surface area contributed by atoms with Crippen molar-refractivity contribution in [1.82, 2.24) is 4.90 Å². The summed E-state index contributed by atoms with van der Waals surface area (Å²) >= 11 is 6.32. The summed E-state index contributed by atoms with van der Waals surface area (Å²) in [6.07, 6.45) is 6.53. The van der Waals surface area contributed by atoms with E-state index in [1.165, 1.54) is 0 Å². The van der Waals surface area contributed by atoms with Crippen LogP contribution in [-0.4, -0.2) is 26.2 Å². The summed E-state index contributed by atoms with van der Waals surface area (Å²) in [4.78, 5) is 25.9. The van der Waals surface area contributed by atoms with Gasteiger partial charge in [0.25, 0.3) is 5.91 Å². The predicted molar refractivity (Wildman–Crippen MR) is 99.7 cm³/mol. The molecule has 0 aliphatic carbocycles. The highest BCUT2D eigenvalue weighted by Crippen LogP contribution is 2.37. The van der Waals surface area contributed by atoms with Crippen molar-refractivity contribution in [3.05, 3.63) is 77.1 Å². The number of thioether (sulfide) groups is 1. The van der Waals surface area contributed by atoms with E-state index < -0.39 is 17.9 Å². The van der Waals surface area contributed by atoms with E-state index in [9.17, 15) is 14.7 Å². The second-order valence-corrected chi connectivity index (χ2v) is 6.78. The van der Waals surface area contributed by atoms with Crippen LogP contribution in [0.3, 0.4) is 0 Å². The zero-order chi connectivity index (χ0) is 17.8. The molecule has 25 heavy (non-hydrogen) atoms. The van der Waals surface area contributed by atoms with E-state index in [1.54, 1.807) is 67.0 Å². The van der Waals surface area contributed by atoms with Gasteiger partial charge in [0, 0.05) is 0 Å². The first kappa shape index (κ1) is 17.2. The summed E-state index contributed by atoms with van der Waals surface area (Å²) in [7, 11) is 0. The molecular formula is C18H13NO4S2. The molecule has 1 aromatic carbocycles. The summed E-state index contributed by atoms with van der Waals surface area (Å²) in [5, 5.41) is 9.60. The summed E-state index contributed by atoms with van der Waals surface area (Å²) < 4.78 is 5.39. The lowest BCUT2D eigenvalue weighted by Gasteiger charge is -2.23. The van der Waals surface area contributed by atoms with Crippen molar-refractivity contribution in [2.24, 2.45) is 0 Å². The second kappa shape index (κ2) is 7.50. The van der Waals surface area contributed by atoms with Crippen LogP contribution in [0.25, 0.3) is 6.08 Å². The van der Waals surface area contributed by atoms with Gasteiger partial charge in [-0.05, 0) is 29.8 Å². The smallest absolute Gasteiger partial charge is 0.331 e. The van der Waals surface area contributed by atoms with E-state index in [2.05, 4.69) is 0 Å². The Kier molecular flexibility index (Phi) is 5.16. The Labute approximate surface area is 153 Å². The molecule has 1 N–H and O–H groups in total. The number of carbonyl (C=O) groups excluding carboxylic acids is 1. The topological polar surface area (TPSA) is 70.8 Å². The summed E-state index contributed by atoms with van der Waals surface area (Å²) in [6, 6.07) is 11.0. The quantitative estimate of drug-likeness (QED) is 0.636. The molecule has 2 aromatic rings.